The number of nitrogens with one attached hydrogen (secondary N) is 3. The van der Waals surface area contributed by atoms with Gasteiger partial charge < -0.3 is 20.7 Å². The molecule has 0 saturated heterocycles. The van der Waals surface area contributed by atoms with E-state index in [2.05, 4.69) is 15.6 Å². The maximum atomic E-state index is 14.0. The van der Waals surface area contributed by atoms with Gasteiger partial charge in [-0.2, -0.15) is 4.31 Å². The molecule has 5 rings (SSSR count). The van der Waals surface area contributed by atoms with Crippen LogP contribution in [0.1, 0.15) is 23.6 Å². The molecule has 5 aromatic rings. The number of sulfonamides is 1. The van der Waals surface area contributed by atoms with Gasteiger partial charge in [-0.25, -0.2) is 8.42 Å². The van der Waals surface area contributed by atoms with E-state index in [4.69, 9.17) is 0 Å². The first kappa shape index (κ1) is 31.6. The van der Waals surface area contributed by atoms with Crippen molar-refractivity contribution >= 4 is 38.4 Å². The number of benzene rings is 4. The SMILES string of the molecule is CC(=O)Nc1ccc(S(=O)(=O)N(Cc2ccccc2)C[C@@H](O)[C@H](Cc2ccccc2)NC(=O)Cc2c[nH]c3ccccc23)cc1. The first-order chi connectivity index (χ1) is 21.7. The summed E-state index contributed by atoms with van der Waals surface area (Å²) in [7, 11) is -4.10. The number of fused-ring (bicyclic) bond motifs is 1. The van der Waals surface area contributed by atoms with Crippen LogP contribution >= 0.6 is 0 Å². The molecular formula is C35H36N4O5S. The Morgan fingerprint density at radius 2 is 1.47 bits per heavy atom. The smallest absolute Gasteiger partial charge is 0.243 e. The van der Waals surface area contributed by atoms with E-state index in [0.717, 1.165) is 27.6 Å². The molecule has 2 amide bonds. The van der Waals surface area contributed by atoms with Gasteiger partial charge in [-0.05, 0) is 53.4 Å². The lowest BCUT2D eigenvalue weighted by Gasteiger charge is -2.30. The van der Waals surface area contributed by atoms with Crippen molar-refractivity contribution in [3.8, 4) is 0 Å². The predicted molar refractivity (Wildman–Crippen MR) is 175 cm³/mol. The van der Waals surface area contributed by atoms with Gasteiger partial charge in [0, 0.05) is 42.8 Å². The molecule has 0 bridgehead atoms. The fourth-order valence-corrected chi connectivity index (χ4v) is 6.74. The number of hydrogen-bond donors (Lipinski definition) is 4. The van der Waals surface area contributed by atoms with Gasteiger partial charge in [0.25, 0.3) is 0 Å². The quantitative estimate of drug-likeness (QED) is 0.152. The summed E-state index contributed by atoms with van der Waals surface area (Å²) < 4.78 is 29.2. The Labute approximate surface area is 263 Å². The third-order valence-corrected chi connectivity index (χ3v) is 9.37. The maximum absolute atomic E-state index is 14.0. The van der Waals surface area contributed by atoms with Gasteiger partial charge in [-0.1, -0.05) is 78.9 Å². The lowest BCUT2D eigenvalue weighted by atomic mass is 10.00. The summed E-state index contributed by atoms with van der Waals surface area (Å²) >= 11 is 0. The Balaban J connectivity index is 1.40. The molecule has 9 nitrogen and oxygen atoms in total. The predicted octanol–water partition coefficient (Wildman–Crippen LogP) is 4.65. The number of carbonyl (C=O) groups is 2. The van der Waals surface area contributed by atoms with Crippen molar-refractivity contribution in [3.63, 3.8) is 0 Å². The molecule has 10 heteroatoms. The van der Waals surface area contributed by atoms with Gasteiger partial charge in [0.15, 0.2) is 0 Å². The Kier molecular flexibility index (Phi) is 10.1. The number of rotatable bonds is 13. The first-order valence-electron chi connectivity index (χ1n) is 14.7. The van der Waals surface area contributed by atoms with Crippen molar-refractivity contribution in [2.45, 2.75) is 43.4 Å². The molecule has 1 aromatic heterocycles. The number of aromatic nitrogens is 1. The number of aromatic amines is 1. The normalized spacial score (nSPS) is 13.0. The number of aliphatic hydroxyl groups excluding tert-OH is 1. The minimum absolute atomic E-state index is 0.00895. The fourth-order valence-electron chi connectivity index (χ4n) is 5.29. The van der Waals surface area contributed by atoms with E-state index in [9.17, 15) is 23.1 Å². The summed E-state index contributed by atoms with van der Waals surface area (Å²) in [6, 6.07) is 31.4. The largest absolute Gasteiger partial charge is 0.390 e. The zero-order chi connectivity index (χ0) is 31.8. The summed E-state index contributed by atoms with van der Waals surface area (Å²) in [5.41, 5.74) is 3.85. The van der Waals surface area contributed by atoms with Crippen LogP contribution in [0.2, 0.25) is 0 Å². The highest BCUT2D eigenvalue weighted by Gasteiger charge is 2.31. The summed E-state index contributed by atoms with van der Waals surface area (Å²) in [6.45, 7) is 1.11. The number of aliphatic hydroxyl groups is 1. The summed E-state index contributed by atoms with van der Waals surface area (Å²) in [5, 5.41) is 18.2. The molecule has 232 valence electrons. The third kappa shape index (κ3) is 8.24. The van der Waals surface area contributed by atoms with Gasteiger partial charge in [-0.15, -0.1) is 0 Å². The molecule has 0 aliphatic heterocycles. The monoisotopic (exact) mass is 624 g/mol. The third-order valence-electron chi connectivity index (χ3n) is 7.54. The standard InChI is InChI=1S/C35H36N4O5S/c1-25(40)37-29-16-18-30(19-17-29)45(43,44)39(23-27-12-6-3-7-13-27)24-34(41)33(20-26-10-4-2-5-11-26)38-35(42)21-28-22-36-32-15-9-8-14-31(28)32/h2-19,22,33-34,36,41H,20-21,23-24H2,1H3,(H,37,40)(H,38,42)/t33-,34+/m0/s1. The summed E-state index contributed by atoms with van der Waals surface area (Å²) in [5.74, 6) is -0.554. The number of nitrogens with zero attached hydrogens (tertiary/aromatic N) is 1. The van der Waals surface area contributed by atoms with E-state index < -0.39 is 22.2 Å². The summed E-state index contributed by atoms with van der Waals surface area (Å²) in [4.78, 5) is 28.0. The van der Waals surface area contributed by atoms with Crippen LogP contribution in [0.25, 0.3) is 10.9 Å². The van der Waals surface area contributed by atoms with E-state index >= 15 is 0 Å². The van der Waals surface area contributed by atoms with E-state index in [1.165, 1.54) is 35.5 Å². The van der Waals surface area contributed by atoms with Crippen LogP contribution in [0.3, 0.4) is 0 Å². The molecule has 0 spiro atoms. The van der Waals surface area contributed by atoms with Crippen molar-refractivity contribution in [2.75, 3.05) is 11.9 Å². The van der Waals surface area contributed by atoms with E-state index in [1.54, 1.807) is 6.20 Å². The molecule has 4 N–H and O–H groups in total. The molecule has 0 saturated carbocycles. The number of hydrogen-bond acceptors (Lipinski definition) is 5. The Hall–Kier alpha value is -4.77. The highest BCUT2D eigenvalue weighted by molar-refractivity contribution is 7.89. The lowest BCUT2D eigenvalue weighted by Crippen LogP contribution is -2.50. The Morgan fingerprint density at radius 1 is 0.844 bits per heavy atom. The topological polar surface area (TPSA) is 132 Å². The van der Waals surface area contributed by atoms with Crippen LogP contribution in [0.15, 0.2) is 120 Å². The fraction of sp³-hybridized carbons (Fsp3) is 0.200. The number of H-pyrrole nitrogens is 1. The van der Waals surface area contributed by atoms with Crippen LogP contribution in [0.5, 0.6) is 0 Å². The van der Waals surface area contributed by atoms with E-state index in [-0.39, 0.29) is 36.2 Å². The number of carbonyl (C=O) groups excluding carboxylic acids is 2. The number of anilines is 1. The van der Waals surface area contributed by atoms with Gasteiger partial charge in [0.1, 0.15) is 0 Å². The molecule has 0 aliphatic carbocycles. The van der Waals surface area contributed by atoms with Gasteiger partial charge in [0.2, 0.25) is 21.8 Å². The van der Waals surface area contributed by atoms with Crippen molar-refractivity contribution < 1.29 is 23.1 Å². The van der Waals surface area contributed by atoms with Crippen LogP contribution in [-0.4, -0.2) is 53.3 Å². The maximum Gasteiger partial charge on any atom is 0.243 e. The van der Waals surface area contributed by atoms with Crippen molar-refractivity contribution in [1.29, 1.82) is 0 Å². The molecule has 0 unspecified atom stereocenters. The lowest BCUT2D eigenvalue weighted by molar-refractivity contribution is -0.122. The molecular weight excluding hydrogens is 588 g/mol. The molecule has 0 fully saturated rings. The first-order valence-corrected chi connectivity index (χ1v) is 16.1. The van der Waals surface area contributed by atoms with Crippen LogP contribution in [0, 0.1) is 0 Å². The zero-order valence-corrected chi connectivity index (χ0v) is 25.7. The van der Waals surface area contributed by atoms with Crippen LogP contribution in [-0.2, 0) is 39.0 Å². The van der Waals surface area contributed by atoms with Gasteiger partial charge >= 0.3 is 0 Å². The Bertz CT molecular complexity index is 1840. The molecule has 45 heavy (non-hydrogen) atoms. The second-order valence-electron chi connectivity index (χ2n) is 11.0. The van der Waals surface area contributed by atoms with Crippen molar-refractivity contribution in [1.82, 2.24) is 14.6 Å². The number of amides is 2. The highest BCUT2D eigenvalue weighted by atomic mass is 32.2. The zero-order valence-electron chi connectivity index (χ0n) is 24.9. The van der Waals surface area contributed by atoms with E-state index in [1.807, 2.05) is 84.9 Å². The summed E-state index contributed by atoms with van der Waals surface area (Å²) in [6.07, 6.45) is 0.952. The van der Waals surface area contributed by atoms with E-state index in [0.29, 0.717) is 12.1 Å². The molecule has 4 aromatic carbocycles. The molecule has 2 atom stereocenters. The minimum atomic E-state index is -4.10. The average Bonchev–Trinajstić information content (AvgIpc) is 3.44. The van der Waals surface area contributed by atoms with Crippen molar-refractivity contribution in [3.05, 3.63) is 132 Å². The number of para-hydroxylation sites is 1. The van der Waals surface area contributed by atoms with Crippen LogP contribution < -0.4 is 10.6 Å². The van der Waals surface area contributed by atoms with Crippen molar-refractivity contribution in [2.24, 2.45) is 0 Å². The molecule has 0 radical (unpaired) electrons. The van der Waals surface area contributed by atoms with Crippen LogP contribution in [0.4, 0.5) is 5.69 Å². The molecule has 0 aliphatic rings. The second kappa shape index (κ2) is 14.3. The average molecular weight is 625 g/mol. The highest BCUT2D eigenvalue weighted by Crippen LogP contribution is 2.23. The minimum Gasteiger partial charge on any atom is -0.390 e. The second-order valence-corrected chi connectivity index (χ2v) is 12.9. The van der Waals surface area contributed by atoms with Gasteiger partial charge in [0.05, 0.1) is 23.5 Å². The van der Waals surface area contributed by atoms with Gasteiger partial charge in [-0.3, -0.25) is 9.59 Å². The molecule has 1 heterocycles. The Morgan fingerprint density at radius 3 is 2.13 bits per heavy atom.